The summed E-state index contributed by atoms with van der Waals surface area (Å²) in [4.78, 5) is 12.0. The van der Waals surface area contributed by atoms with Gasteiger partial charge in [0.25, 0.3) is 0 Å². The van der Waals surface area contributed by atoms with Crippen LogP contribution in [-0.2, 0) is 6.42 Å². The molecular formula is C15H14O4. The van der Waals surface area contributed by atoms with Crippen molar-refractivity contribution in [1.82, 2.24) is 0 Å². The highest BCUT2D eigenvalue weighted by atomic mass is 16.3. The molecule has 19 heavy (non-hydrogen) atoms. The van der Waals surface area contributed by atoms with Gasteiger partial charge < -0.3 is 15.3 Å². The van der Waals surface area contributed by atoms with Crippen molar-refractivity contribution in [1.29, 1.82) is 0 Å². The maximum atomic E-state index is 12.0. The Labute approximate surface area is 109 Å². The number of rotatable bonds is 0. The van der Waals surface area contributed by atoms with Gasteiger partial charge in [-0.15, -0.1) is 0 Å². The first-order valence-electron chi connectivity index (χ1n) is 6.21. The zero-order valence-corrected chi connectivity index (χ0v) is 10.5. The van der Waals surface area contributed by atoms with Crippen molar-refractivity contribution in [2.45, 2.75) is 19.8 Å². The van der Waals surface area contributed by atoms with Crippen LogP contribution in [0, 0.1) is 5.92 Å². The average molecular weight is 258 g/mol. The number of hydrogen-bond acceptors (Lipinski definition) is 4. The first-order valence-corrected chi connectivity index (χ1v) is 6.21. The van der Waals surface area contributed by atoms with E-state index in [0.29, 0.717) is 23.8 Å². The lowest BCUT2D eigenvalue weighted by Crippen LogP contribution is -2.18. The minimum Gasteiger partial charge on any atom is -0.508 e. The SMILES string of the molecule is CC1CC(=O)c2c(cc3cc(O)cc(O)c3c2O)C1. The lowest BCUT2D eigenvalue weighted by molar-refractivity contribution is 0.0950. The Hall–Kier alpha value is -2.23. The molecule has 3 N–H and O–H groups in total. The lowest BCUT2D eigenvalue weighted by Gasteiger charge is -2.22. The van der Waals surface area contributed by atoms with Crippen LogP contribution in [0.4, 0.5) is 0 Å². The molecule has 0 aliphatic heterocycles. The van der Waals surface area contributed by atoms with Crippen LogP contribution in [0.25, 0.3) is 10.8 Å². The Bertz CT molecular complexity index is 703. The van der Waals surface area contributed by atoms with Gasteiger partial charge in [-0.05, 0) is 35.4 Å². The normalized spacial score (nSPS) is 18.6. The van der Waals surface area contributed by atoms with E-state index in [1.54, 1.807) is 6.07 Å². The molecule has 0 spiro atoms. The Morgan fingerprint density at radius 3 is 2.58 bits per heavy atom. The van der Waals surface area contributed by atoms with E-state index < -0.39 is 0 Å². The predicted octanol–water partition coefficient (Wildman–Crippen LogP) is 2.72. The summed E-state index contributed by atoms with van der Waals surface area (Å²) in [5.74, 6) is -0.327. The molecule has 2 aromatic carbocycles. The number of phenolic OH excluding ortho intramolecular Hbond substituents is 3. The zero-order valence-electron chi connectivity index (χ0n) is 10.5. The Balaban J connectivity index is 2.40. The van der Waals surface area contributed by atoms with Crippen molar-refractivity contribution < 1.29 is 20.1 Å². The summed E-state index contributed by atoms with van der Waals surface area (Å²) in [6, 6.07) is 4.39. The summed E-state index contributed by atoms with van der Waals surface area (Å²) in [6.45, 7) is 1.99. The molecule has 98 valence electrons. The first-order chi connectivity index (χ1) is 8.97. The fraction of sp³-hybridized carbons (Fsp3) is 0.267. The van der Waals surface area contributed by atoms with E-state index in [0.717, 1.165) is 11.6 Å². The quantitative estimate of drug-likeness (QED) is 0.679. The summed E-state index contributed by atoms with van der Waals surface area (Å²) in [7, 11) is 0. The molecule has 0 saturated carbocycles. The predicted molar refractivity (Wildman–Crippen MR) is 70.8 cm³/mol. The van der Waals surface area contributed by atoms with Crippen molar-refractivity contribution in [2.24, 2.45) is 5.92 Å². The number of carbonyl (C=O) groups is 1. The van der Waals surface area contributed by atoms with E-state index in [9.17, 15) is 20.1 Å². The second-order valence-corrected chi connectivity index (χ2v) is 5.26. The molecule has 1 atom stereocenters. The van der Waals surface area contributed by atoms with Gasteiger partial charge in [0, 0.05) is 12.5 Å². The van der Waals surface area contributed by atoms with Crippen LogP contribution in [0.2, 0.25) is 0 Å². The molecule has 4 nitrogen and oxygen atoms in total. The number of hydrogen-bond donors (Lipinski definition) is 3. The van der Waals surface area contributed by atoms with Gasteiger partial charge in [-0.1, -0.05) is 6.92 Å². The molecule has 1 aliphatic carbocycles. The van der Waals surface area contributed by atoms with Crippen LogP contribution in [0.3, 0.4) is 0 Å². The van der Waals surface area contributed by atoms with Crippen molar-refractivity contribution in [3.63, 3.8) is 0 Å². The molecule has 0 amide bonds. The van der Waals surface area contributed by atoms with Crippen molar-refractivity contribution >= 4 is 16.6 Å². The van der Waals surface area contributed by atoms with E-state index in [1.807, 2.05) is 6.92 Å². The number of carbonyl (C=O) groups excluding carboxylic acids is 1. The summed E-state index contributed by atoms with van der Waals surface area (Å²) in [6.07, 6.45) is 1.12. The highest BCUT2D eigenvalue weighted by molar-refractivity contribution is 6.08. The van der Waals surface area contributed by atoms with Gasteiger partial charge in [-0.3, -0.25) is 4.79 Å². The molecule has 0 heterocycles. The van der Waals surface area contributed by atoms with Crippen molar-refractivity contribution in [2.75, 3.05) is 0 Å². The average Bonchev–Trinajstić information content (AvgIpc) is 2.25. The van der Waals surface area contributed by atoms with Gasteiger partial charge >= 0.3 is 0 Å². The first kappa shape index (κ1) is 11.8. The van der Waals surface area contributed by atoms with E-state index in [1.165, 1.54) is 6.07 Å². The number of aromatic hydroxyl groups is 3. The van der Waals surface area contributed by atoms with E-state index >= 15 is 0 Å². The minimum absolute atomic E-state index is 0.0699. The minimum atomic E-state index is -0.221. The topological polar surface area (TPSA) is 77.8 Å². The van der Waals surface area contributed by atoms with Crippen LogP contribution < -0.4 is 0 Å². The summed E-state index contributed by atoms with van der Waals surface area (Å²) in [5.41, 5.74) is 1.09. The van der Waals surface area contributed by atoms with Gasteiger partial charge in [0.2, 0.25) is 0 Å². The van der Waals surface area contributed by atoms with Gasteiger partial charge in [0.15, 0.2) is 5.78 Å². The largest absolute Gasteiger partial charge is 0.508 e. The van der Waals surface area contributed by atoms with Gasteiger partial charge in [0.1, 0.15) is 17.2 Å². The number of ketones is 1. The maximum absolute atomic E-state index is 12.0. The standard InChI is InChI=1S/C15H14O4/c1-7-2-8-4-9-5-10(16)6-12(18)14(9)15(19)13(8)11(17)3-7/h4-7,16,18-19H,2-3H2,1H3. The summed E-state index contributed by atoms with van der Waals surface area (Å²) in [5, 5.41) is 30.4. The molecule has 1 aliphatic rings. The Kier molecular flexibility index (Phi) is 2.42. The zero-order chi connectivity index (χ0) is 13.7. The van der Waals surface area contributed by atoms with Gasteiger partial charge in [-0.2, -0.15) is 0 Å². The van der Waals surface area contributed by atoms with Crippen molar-refractivity contribution in [3.8, 4) is 17.2 Å². The fourth-order valence-corrected chi connectivity index (χ4v) is 2.88. The molecule has 0 saturated heterocycles. The van der Waals surface area contributed by atoms with Crippen LogP contribution in [0.5, 0.6) is 17.2 Å². The molecule has 1 unspecified atom stereocenters. The van der Waals surface area contributed by atoms with E-state index in [4.69, 9.17) is 0 Å². The van der Waals surface area contributed by atoms with Crippen molar-refractivity contribution in [3.05, 3.63) is 29.3 Å². The Morgan fingerprint density at radius 1 is 1.11 bits per heavy atom. The molecular weight excluding hydrogens is 244 g/mol. The summed E-state index contributed by atoms with van der Waals surface area (Å²) >= 11 is 0. The van der Waals surface area contributed by atoms with E-state index in [2.05, 4.69) is 0 Å². The summed E-state index contributed by atoms with van der Waals surface area (Å²) < 4.78 is 0. The second kappa shape index (κ2) is 3.88. The monoisotopic (exact) mass is 258 g/mol. The Morgan fingerprint density at radius 2 is 1.84 bits per heavy atom. The van der Waals surface area contributed by atoms with Crippen LogP contribution in [-0.4, -0.2) is 21.1 Å². The van der Waals surface area contributed by atoms with Crippen LogP contribution in [0.1, 0.15) is 29.3 Å². The van der Waals surface area contributed by atoms with Crippen LogP contribution in [0.15, 0.2) is 18.2 Å². The lowest BCUT2D eigenvalue weighted by atomic mass is 9.82. The highest BCUT2D eigenvalue weighted by Crippen LogP contribution is 2.42. The number of Topliss-reactive ketones (excluding diaryl/α,β-unsaturated/α-hetero) is 1. The van der Waals surface area contributed by atoms with E-state index in [-0.39, 0.29) is 34.3 Å². The molecule has 0 aromatic heterocycles. The smallest absolute Gasteiger partial charge is 0.167 e. The van der Waals surface area contributed by atoms with Gasteiger partial charge in [0.05, 0.1) is 10.9 Å². The van der Waals surface area contributed by atoms with Crippen LogP contribution >= 0.6 is 0 Å². The number of fused-ring (bicyclic) bond motifs is 2. The number of phenols is 3. The third kappa shape index (κ3) is 1.71. The molecule has 3 rings (SSSR count). The molecule has 0 fully saturated rings. The van der Waals surface area contributed by atoms with Gasteiger partial charge in [-0.25, -0.2) is 0 Å². The molecule has 0 bridgehead atoms. The number of benzene rings is 2. The second-order valence-electron chi connectivity index (χ2n) is 5.26. The fourth-order valence-electron chi connectivity index (χ4n) is 2.88. The molecule has 2 aromatic rings. The third-order valence-corrected chi connectivity index (χ3v) is 3.64. The third-order valence-electron chi connectivity index (χ3n) is 3.64. The molecule has 0 radical (unpaired) electrons. The molecule has 4 heteroatoms. The maximum Gasteiger partial charge on any atom is 0.167 e. The highest BCUT2D eigenvalue weighted by Gasteiger charge is 2.27.